The Labute approximate surface area is 258 Å². The molecule has 0 unspecified atom stereocenters. The highest BCUT2D eigenvalue weighted by atomic mass is 32.1. The van der Waals surface area contributed by atoms with Crippen LogP contribution in [0.4, 0.5) is 23.7 Å². The van der Waals surface area contributed by atoms with Gasteiger partial charge < -0.3 is 20.1 Å². The zero-order valence-corrected chi connectivity index (χ0v) is 25.3. The summed E-state index contributed by atoms with van der Waals surface area (Å²) in [5, 5.41) is 13.2. The Morgan fingerprint density at radius 2 is 1.77 bits per heavy atom. The van der Waals surface area contributed by atoms with Crippen LogP contribution in [-0.2, 0) is 6.42 Å². The number of halogens is 3. The molecule has 0 aliphatic carbocycles. The summed E-state index contributed by atoms with van der Waals surface area (Å²) in [6, 6.07) is 18.5. The lowest BCUT2D eigenvalue weighted by Gasteiger charge is -2.17. The number of benzene rings is 3. The van der Waals surface area contributed by atoms with Gasteiger partial charge in [-0.3, -0.25) is 5.32 Å². The average Bonchev–Trinajstić information content (AvgIpc) is 3.47. The lowest BCUT2D eigenvalue weighted by Crippen LogP contribution is -2.42. The van der Waals surface area contributed by atoms with Gasteiger partial charge in [-0.2, -0.15) is 0 Å². The molecule has 0 saturated carbocycles. The van der Waals surface area contributed by atoms with Crippen LogP contribution >= 0.6 is 12.2 Å². The van der Waals surface area contributed by atoms with E-state index in [0.29, 0.717) is 23.8 Å². The fraction of sp³-hybridized carbons (Fsp3) is 0.290. The quantitative estimate of drug-likeness (QED) is 0.122. The highest BCUT2D eigenvalue weighted by Gasteiger charge is 2.31. The number of thiocarbonyl (C=S) groups is 1. The minimum atomic E-state index is -4.75. The maximum Gasteiger partial charge on any atom is 0.573 e. The van der Waals surface area contributed by atoms with Crippen molar-refractivity contribution in [1.29, 1.82) is 0 Å². The molecule has 0 bridgehead atoms. The Balaban J connectivity index is 1.22. The molecule has 4 rings (SSSR count). The van der Waals surface area contributed by atoms with E-state index >= 15 is 0 Å². The van der Waals surface area contributed by atoms with E-state index in [1.54, 1.807) is 7.11 Å². The fourth-order valence-electron chi connectivity index (χ4n) is 4.42. The molecular formula is C31H33F3N6O3S. The van der Waals surface area contributed by atoms with Crippen LogP contribution in [0.2, 0.25) is 0 Å². The van der Waals surface area contributed by atoms with Gasteiger partial charge in [0.15, 0.2) is 10.9 Å². The summed E-state index contributed by atoms with van der Waals surface area (Å²) >= 11 is 5.33. The SMILES string of the molecule is COc1ccc(C(C)C)c(NC(=S)NC(=O)NCCCCc2cccc(-c3ncn(-c4ccc(OC(F)(F)F)cc4)n3)c2)c1. The number of ether oxygens (including phenoxy) is 2. The Bertz CT molecular complexity index is 1570. The van der Waals surface area contributed by atoms with Crippen LogP contribution in [0, 0.1) is 0 Å². The summed E-state index contributed by atoms with van der Waals surface area (Å²) in [7, 11) is 1.59. The molecule has 3 aromatic carbocycles. The Morgan fingerprint density at radius 3 is 2.48 bits per heavy atom. The third-order valence-electron chi connectivity index (χ3n) is 6.55. The smallest absolute Gasteiger partial charge is 0.497 e. The van der Waals surface area contributed by atoms with Crippen LogP contribution in [0.25, 0.3) is 17.1 Å². The van der Waals surface area contributed by atoms with Gasteiger partial charge in [0.1, 0.15) is 17.8 Å². The monoisotopic (exact) mass is 626 g/mol. The molecule has 1 aromatic heterocycles. The van der Waals surface area contributed by atoms with Crippen molar-refractivity contribution in [1.82, 2.24) is 25.4 Å². The van der Waals surface area contributed by atoms with E-state index in [-0.39, 0.29) is 22.8 Å². The standard InChI is InChI=1S/C31H33F3N6O3S/c1-20(2)26-15-14-25(42-3)18-27(26)37-30(44)38-29(41)35-16-5-4-7-21-8-6-9-22(17-21)28-36-19-40(39-28)23-10-12-24(13-11-23)43-31(32,33)34/h6,8-15,17-20H,4-5,7,16H2,1-3H3,(H3,35,37,38,41,44). The number of unbranched alkanes of at least 4 members (excludes halogenated alkanes) is 1. The maximum atomic E-state index is 12.4. The van der Waals surface area contributed by atoms with E-state index in [4.69, 9.17) is 17.0 Å². The van der Waals surface area contributed by atoms with Gasteiger partial charge in [-0.05, 0) is 84.9 Å². The molecule has 13 heteroatoms. The van der Waals surface area contributed by atoms with Crippen molar-refractivity contribution in [2.24, 2.45) is 0 Å². The first kappa shape index (κ1) is 32.3. The molecule has 0 atom stereocenters. The summed E-state index contributed by atoms with van der Waals surface area (Å²) in [5.74, 6) is 1.12. The van der Waals surface area contributed by atoms with Gasteiger partial charge >= 0.3 is 12.4 Å². The molecule has 0 spiro atoms. The summed E-state index contributed by atoms with van der Waals surface area (Å²) in [5.41, 5.74) is 4.28. The highest BCUT2D eigenvalue weighted by Crippen LogP contribution is 2.28. The van der Waals surface area contributed by atoms with E-state index in [0.717, 1.165) is 41.6 Å². The molecule has 0 radical (unpaired) electrons. The zero-order valence-electron chi connectivity index (χ0n) is 24.4. The second-order valence-electron chi connectivity index (χ2n) is 10.2. The molecule has 1 heterocycles. The topological polar surface area (TPSA) is 102 Å². The second kappa shape index (κ2) is 14.7. The van der Waals surface area contributed by atoms with Crippen LogP contribution in [0.1, 0.15) is 43.7 Å². The number of carbonyl (C=O) groups excluding carboxylic acids is 1. The predicted molar refractivity (Wildman–Crippen MR) is 166 cm³/mol. The lowest BCUT2D eigenvalue weighted by molar-refractivity contribution is -0.274. The molecule has 0 aliphatic heterocycles. The minimum Gasteiger partial charge on any atom is -0.497 e. The number of carbonyl (C=O) groups is 1. The van der Waals surface area contributed by atoms with Gasteiger partial charge in [0.25, 0.3) is 0 Å². The van der Waals surface area contributed by atoms with E-state index in [9.17, 15) is 18.0 Å². The van der Waals surface area contributed by atoms with Crippen molar-refractivity contribution in [3.05, 3.63) is 84.2 Å². The minimum absolute atomic E-state index is 0.193. The Kier molecular flexibility index (Phi) is 10.8. The van der Waals surface area contributed by atoms with E-state index in [1.807, 2.05) is 42.5 Å². The van der Waals surface area contributed by atoms with Gasteiger partial charge in [0.05, 0.1) is 12.8 Å². The van der Waals surface area contributed by atoms with Gasteiger partial charge in [-0.25, -0.2) is 14.5 Å². The number of hydrogen-bond donors (Lipinski definition) is 3. The Hall–Kier alpha value is -4.65. The average molecular weight is 627 g/mol. The van der Waals surface area contributed by atoms with Gasteiger partial charge in [-0.15, -0.1) is 18.3 Å². The molecule has 9 nitrogen and oxygen atoms in total. The molecular weight excluding hydrogens is 593 g/mol. The van der Waals surface area contributed by atoms with Crippen molar-refractivity contribution in [3.8, 4) is 28.6 Å². The van der Waals surface area contributed by atoms with E-state index in [2.05, 4.69) is 44.6 Å². The molecule has 232 valence electrons. The molecule has 0 saturated heterocycles. The molecule has 2 amide bonds. The normalized spacial score (nSPS) is 11.2. The number of amides is 2. The molecule has 0 aliphatic rings. The van der Waals surface area contributed by atoms with Gasteiger partial charge in [0, 0.05) is 23.9 Å². The summed E-state index contributed by atoms with van der Waals surface area (Å²) < 4.78 is 47.9. The number of rotatable bonds is 11. The first-order valence-corrected chi connectivity index (χ1v) is 14.3. The van der Waals surface area contributed by atoms with Crippen LogP contribution in [-0.4, -0.2) is 45.9 Å². The number of nitrogens with zero attached hydrogens (tertiary/aromatic N) is 3. The number of anilines is 1. The summed E-state index contributed by atoms with van der Waals surface area (Å²) in [6.45, 7) is 4.62. The van der Waals surface area contributed by atoms with Crippen LogP contribution < -0.4 is 25.4 Å². The third-order valence-corrected chi connectivity index (χ3v) is 6.75. The lowest BCUT2D eigenvalue weighted by atomic mass is 10.0. The van der Waals surface area contributed by atoms with Gasteiger partial charge in [0.2, 0.25) is 0 Å². The van der Waals surface area contributed by atoms with Crippen molar-refractivity contribution in [2.45, 2.75) is 45.4 Å². The highest BCUT2D eigenvalue weighted by molar-refractivity contribution is 7.80. The number of alkyl halides is 3. The van der Waals surface area contributed by atoms with Crippen LogP contribution in [0.15, 0.2) is 73.1 Å². The van der Waals surface area contributed by atoms with E-state index in [1.165, 1.54) is 35.3 Å². The van der Waals surface area contributed by atoms with Crippen molar-refractivity contribution >= 4 is 29.0 Å². The van der Waals surface area contributed by atoms with Crippen molar-refractivity contribution in [3.63, 3.8) is 0 Å². The molecule has 0 fully saturated rings. The largest absolute Gasteiger partial charge is 0.573 e. The summed E-state index contributed by atoms with van der Waals surface area (Å²) in [4.78, 5) is 16.7. The summed E-state index contributed by atoms with van der Waals surface area (Å²) in [6.07, 6.45) is -0.874. The van der Waals surface area contributed by atoms with Crippen molar-refractivity contribution in [2.75, 3.05) is 19.0 Å². The number of aromatic nitrogens is 3. The first-order valence-electron chi connectivity index (χ1n) is 13.9. The second-order valence-corrected chi connectivity index (χ2v) is 10.6. The van der Waals surface area contributed by atoms with Crippen LogP contribution in [0.3, 0.4) is 0 Å². The first-order chi connectivity index (χ1) is 21.0. The predicted octanol–water partition coefficient (Wildman–Crippen LogP) is 6.98. The number of methoxy groups -OCH3 is 1. The maximum absolute atomic E-state index is 12.4. The Morgan fingerprint density at radius 1 is 1.02 bits per heavy atom. The van der Waals surface area contributed by atoms with Crippen LogP contribution in [0.5, 0.6) is 11.5 Å². The van der Waals surface area contributed by atoms with Gasteiger partial charge in [-0.1, -0.05) is 38.1 Å². The third kappa shape index (κ3) is 9.43. The number of aryl methyl sites for hydroxylation is 1. The van der Waals surface area contributed by atoms with E-state index < -0.39 is 6.36 Å². The number of urea groups is 1. The zero-order chi connectivity index (χ0) is 31.7. The number of hydrogen-bond acceptors (Lipinski definition) is 6. The molecule has 4 aromatic rings. The molecule has 3 N–H and O–H groups in total. The molecule has 44 heavy (non-hydrogen) atoms. The fourth-order valence-corrected chi connectivity index (χ4v) is 4.62. The number of nitrogens with one attached hydrogen (secondary N) is 3. The van der Waals surface area contributed by atoms with Crippen molar-refractivity contribution < 1.29 is 27.4 Å².